The predicted molar refractivity (Wildman–Crippen MR) is 142 cm³/mol. The maximum Gasteiger partial charge on any atom is -0.00990 e. The molecule has 0 aliphatic carbocycles. The molecular weight excluding hydrogens is 482 g/mol. The SMILES string of the molecule is [SbH3].c1ccc2c(c1)c1ccccc1c1ccccc1c1ccccc1c1ccccc21. The van der Waals surface area contributed by atoms with E-state index in [2.05, 4.69) is 121 Å². The maximum absolute atomic E-state index is 2.25. The van der Waals surface area contributed by atoms with Crippen LogP contribution in [0.15, 0.2) is 121 Å². The normalized spacial score (nSPS) is 11.0. The van der Waals surface area contributed by atoms with Gasteiger partial charge in [0.1, 0.15) is 0 Å². The van der Waals surface area contributed by atoms with Crippen LogP contribution in [0.25, 0.3) is 53.9 Å². The smallest absolute Gasteiger partial charge is 0.00990 e. The minimum Gasteiger partial charge on any atom is -0.0616 e. The van der Waals surface area contributed by atoms with Crippen LogP contribution in [0.3, 0.4) is 0 Å². The van der Waals surface area contributed by atoms with Gasteiger partial charge in [-0.15, -0.1) is 0 Å². The molecule has 6 aromatic rings. The van der Waals surface area contributed by atoms with E-state index in [1.165, 1.54) is 53.9 Å². The molecule has 0 heterocycles. The molecule has 6 rings (SSSR count). The molecule has 0 saturated carbocycles. The van der Waals surface area contributed by atoms with Crippen molar-refractivity contribution in [3.8, 4) is 0 Å². The monoisotopic (exact) mass is 504 g/mol. The number of fused-ring (bicyclic) bond motifs is 10. The van der Waals surface area contributed by atoms with Gasteiger partial charge in [0.15, 0.2) is 0 Å². The van der Waals surface area contributed by atoms with Crippen molar-refractivity contribution in [2.45, 2.75) is 0 Å². The third-order valence-corrected chi connectivity index (χ3v) is 6.09. The second-order valence-electron chi connectivity index (χ2n) is 7.73. The molecule has 0 radical (unpaired) electrons. The molecule has 31 heavy (non-hydrogen) atoms. The zero-order chi connectivity index (χ0) is 19.9. The molecule has 0 saturated heterocycles. The Morgan fingerprint density at radius 3 is 0.387 bits per heavy atom. The van der Waals surface area contributed by atoms with Gasteiger partial charge in [-0.3, -0.25) is 0 Å². The molecule has 0 aliphatic rings. The van der Waals surface area contributed by atoms with Crippen LogP contribution in [-0.4, -0.2) is 24.4 Å². The van der Waals surface area contributed by atoms with Gasteiger partial charge in [-0.1, -0.05) is 121 Å². The standard InChI is InChI=1S/C30H20.Sb.3H/c1-2-12-22-21(11-1)23-13-3-4-15-25(23)27-17-7-8-19-29(27)30-20-10-9-18-28(30)26-16-6-5-14-24(22)26;;;;/h1-20H;;;;. The van der Waals surface area contributed by atoms with Crippen molar-refractivity contribution in [2.24, 2.45) is 0 Å². The molecule has 0 spiro atoms. The number of hydrogen-bond donors (Lipinski definition) is 0. The number of benzene rings is 5. The summed E-state index contributed by atoms with van der Waals surface area (Å²) in [6, 6.07) is 43.9. The zero-order valence-corrected chi connectivity index (χ0v) is 21.3. The zero-order valence-electron chi connectivity index (χ0n) is 17.3. The van der Waals surface area contributed by atoms with E-state index in [0.717, 1.165) is 0 Å². The molecule has 0 nitrogen and oxygen atoms in total. The van der Waals surface area contributed by atoms with Crippen LogP contribution in [0, 0.1) is 0 Å². The summed E-state index contributed by atoms with van der Waals surface area (Å²) in [6.07, 6.45) is 0. The Morgan fingerprint density at radius 1 is 0.194 bits per heavy atom. The minimum absolute atomic E-state index is 0. The topological polar surface area (TPSA) is 0 Å². The maximum atomic E-state index is 2.25. The quantitative estimate of drug-likeness (QED) is 0.189. The number of hydrogen-bond acceptors (Lipinski definition) is 0. The van der Waals surface area contributed by atoms with E-state index in [4.69, 9.17) is 0 Å². The van der Waals surface area contributed by atoms with E-state index in [0.29, 0.717) is 0 Å². The molecule has 0 atom stereocenters. The van der Waals surface area contributed by atoms with Crippen LogP contribution in [0.5, 0.6) is 0 Å². The van der Waals surface area contributed by atoms with Crippen LogP contribution in [0.4, 0.5) is 0 Å². The summed E-state index contributed by atoms with van der Waals surface area (Å²) >= 11 is 0. The van der Waals surface area contributed by atoms with Gasteiger partial charge in [0.05, 0.1) is 0 Å². The predicted octanol–water partition coefficient (Wildman–Crippen LogP) is 7.39. The van der Waals surface area contributed by atoms with Gasteiger partial charge < -0.3 is 0 Å². The van der Waals surface area contributed by atoms with Gasteiger partial charge in [-0.05, 0) is 53.9 Å². The summed E-state index contributed by atoms with van der Waals surface area (Å²) in [4.78, 5) is 0. The fraction of sp³-hybridized carbons (Fsp3) is 0. The minimum atomic E-state index is 0. The summed E-state index contributed by atoms with van der Waals surface area (Å²) in [5, 5.41) is 12.7. The largest absolute Gasteiger partial charge is 0.0616 e. The Balaban J connectivity index is 0.00000204. The summed E-state index contributed by atoms with van der Waals surface area (Å²) in [5.41, 5.74) is 0. The van der Waals surface area contributed by atoms with Crippen molar-refractivity contribution in [3.63, 3.8) is 0 Å². The molecule has 0 bridgehead atoms. The Labute approximate surface area is 198 Å². The van der Waals surface area contributed by atoms with Gasteiger partial charge in [0.25, 0.3) is 0 Å². The van der Waals surface area contributed by atoms with E-state index in [1.54, 1.807) is 0 Å². The van der Waals surface area contributed by atoms with Gasteiger partial charge in [0, 0.05) is 0 Å². The summed E-state index contributed by atoms with van der Waals surface area (Å²) in [6.45, 7) is 0. The number of rotatable bonds is 0. The van der Waals surface area contributed by atoms with Crippen LogP contribution in [-0.2, 0) is 0 Å². The van der Waals surface area contributed by atoms with E-state index < -0.39 is 0 Å². The summed E-state index contributed by atoms with van der Waals surface area (Å²) in [5.74, 6) is 0. The van der Waals surface area contributed by atoms with E-state index >= 15 is 0 Å². The van der Waals surface area contributed by atoms with Gasteiger partial charge in [-0.2, -0.15) is 0 Å². The van der Waals surface area contributed by atoms with Gasteiger partial charge >= 0.3 is 24.4 Å². The third-order valence-electron chi connectivity index (χ3n) is 6.09. The molecule has 0 amide bonds. The molecule has 0 aromatic heterocycles. The van der Waals surface area contributed by atoms with Gasteiger partial charge in [-0.25, -0.2) is 0 Å². The van der Waals surface area contributed by atoms with Crippen molar-refractivity contribution < 1.29 is 0 Å². The first kappa shape index (κ1) is 19.9. The Morgan fingerprint density at radius 2 is 0.290 bits per heavy atom. The molecule has 0 N–H and O–H groups in total. The van der Waals surface area contributed by atoms with Crippen molar-refractivity contribution in [3.05, 3.63) is 121 Å². The fourth-order valence-electron chi connectivity index (χ4n) is 4.76. The fourth-order valence-corrected chi connectivity index (χ4v) is 4.76. The van der Waals surface area contributed by atoms with Crippen LogP contribution < -0.4 is 0 Å². The molecular formula is C30H23Sb. The summed E-state index contributed by atoms with van der Waals surface area (Å²) in [7, 11) is 0. The Bertz CT molecular complexity index is 1180. The van der Waals surface area contributed by atoms with E-state index in [-0.39, 0.29) is 24.4 Å². The average molecular weight is 505 g/mol. The Hall–Kier alpha value is -3.08. The van der Waals surface area contributed by atoms with Crippen molar-refractivity contribution in [1.82, 2.24) is 0 Å². The first-order chi connectivity index (χ1) is 14.9. The van der Waals surface area contributed by atoms with Crippen LogP contribution in [0.2, 0.25) is 0 Å². The van der Waals surface area contributed by atoms with Crippen molar-refractivity contribution >= 4 is 78.3 Å². The van der Waals surface area contributed by atoms with E-state index in [1.807, 2.05) is 0 Å². The summed E-state index contributed by atoms with van der Waals surface area (Å²) < 4.78 is 0. The van der Waals surface area contributed by atoms with Crippen molar-refractivity contribution in [2.75, 3.05) is 0 Å². The second kappa shape index (κ2) is 8.21. The van der Waals surface area contributed by atoms with Gasteiger partial charge in [0.2, 0.25) is 0 Å². The molecule has 0 unspecified atom stereocenters. The first-order valence-electron chi connectivity index (χ1n) is 10.4. The van der Waals surface area contributed by atoms with Crippen LogP contribution >= 0.6 is 0 Å². The first-order valence-corrected chi connectivity index (χ1v) is 10.4. The molecule has 0 aliphatic heterocycles. The van der Waals surface area contributed by atoms with Crippen LogP contribution in [0.1, 0.15) is 0 Å². The second-order valence-corrected chi connectivity index (χ2v) is 7.73. The Kier molecular flexibility index (Phi) is 5.26. The van der Waals surface area contributed by atoms with E-state index in [9.17, 15) is 0 Å². The van der Waals surface area contributed by atoms with Crippen molar-refractivity contribution in [1.29, 1.82) is 0 Å². The molecule has 148 valence electrons. The molecule has 1 heteroatoms. The third kappa shape index (κ3) is 3.23. The average Bonchev–Trinajstić information content (AvgIpc) is 2.84. The molecule has 0 fully saturated rings. The molecule has 6 aromatic carbocycles.